The fourth-order valence-corrected chi connectivity index (χ4v) is 1.44. The molecular weight excluding hydrogens is 212 g/mol. The summed E-state index contributed by atoms with van der Waals surface area (Å²) in [6, 6.07) is 8.06. The average molecular weight is 232 g/mol. The van der Waals surface area contributed by atoms with Crippen molar-refractivity contribution >= 4 is 11.4 Å². The predicted octanol–water partition coefficient (Wildman–Crippen LogP) is 1.89. The van der Waals surface area contributed by atoms with E-state index in [2.05, 4.69) is 37.2 Å². The van der Waals surface area contributed by atoms with E-state index in [0.29, 0.717) is 17.3 Å². The van der Waals surface area contributed by atoms with E-state index in [-0.39, 0.29) is 0 Å². The Kier molecular flexibility index (Phi) is 4.80. The lowest BCUT2D eigenvalue weighted by Crippen LogP contribution is -2.31. The van der Waals surface area contributed by atoms with E-state index in [1.165, 1.54) is 0 Å². The number of benzene rings is 1. The number of nitrogens with one attached hydrogen (secondary N) is 1. The van der Waals surface area contributed by atoms with Crippen molar-refractivity contribution in [3.8, 4) is 6.07 Å². The van der Waals surface area contributed by atoms with E-state index in [9.17, 15) is 0 Å². The van der Waals surface area contributed by atoms with Gasteiger partial charge >= 0.3 is 0 Å². The fourth-order valence-electron chi connectivity index (χ4n) is 1.44. The van der Waals surface area contributed by atoms with Crippen LogP contribution < -0.4 is 11.1 Å². The monoisotopic (exact) mass is 232 g/mol. The second kappa shape index (κ2) is 6.12. The number of anilines is 2. The molecule has 0 unspecified atom stereocenters. The van der Waals surface area contributed by atoms with Gasteiger partial charge in [-0.15, -0.1) is 0 Å². The van der Waals surface area contributed by atoms with E-state index in [1.807, 2.05) is 12.1 Å². The van der Waals surface area contributed by atoms with E-state index >= 15 is 0 Å². The normalized spacial score (nSPS) is 10.6. The third-order valence-electron chi connectivity index (χ3n) is 2.89. The largest absolute Gasteiger partial charge is 0.396 e. The Labute approximate surface area is 103 Å². The summed E-state index contributed by atoms with van der Waals surface area (Å²) in [5, 5.41) is 12.1. The molecule has 1 aromatic carbocycles. The van der Waals surface area contributed by atoms with Crippen LogP contribution in [0.25, 0.3) is 0 Å². The summed E-state index contributed by atoms with van der Waals surface area (Å²) < 4.78 is 0. The molecule has 4 nitrogen and oxygen atoms in total. The van der Waals surface area contributed by atoms with E-state index in [1.54, 1.807) is 6.07 Å². The van der Waals surface area contributed by atoms with Crippen LogP contribution >= 0.6 is 0 Å². The number of nitriles is 1. The third kappa shape index (κ3) is 3.65. The Morgan fingerprint density at radius 3 is 2.76 bits per heavy atom. The quantitative estimate of drug-likeness (QED) is 0.761. The first-order valence-electron chi connectivity index (χ1n) is 5.79. The lowest BCUT2D eigenvalue weighted by atomic mass is 10.1. The van der Waals surface area contributed by atoms with Crippen molar-refractivity contribution in [2.45, 2.75) is 19.9 Å². The molecule has 0 saturated heterocycles. The highest BCUT2D eigenvalue weighted by atomic mass is 15.1. The summed E-state index contributed by atoms with van der Waals surface area (Å²) in [5.41, 5.74) is 7.76. The van der Waals surface area contributed by atoms with Crippen molar-refractivity contribution in [3.05, 3.63) is 23.8 Å². The first kappa shape index (κ1) is 13.3. The average Bonchev–Trinajstić information content (AvgIpc) is 2.31. The van der Waals surface area contributed by atoms with Gasteiger partial charge in [0.05, 0.1) is 16.9 Å². The first-order valence-corrected chi connectivity index (χ1v) is 5.79. The van der Waals surface area contributed by atoms with Crippen LogP contribution in [0.3, 0.4) is 0 Å². The number of nitrogen functional groups attached to an aromatic ring is 1. The molecule has 4 heteroatoms. The van der Waals surface area contributed by atoms with Gasteiger partial charge in [-0.1, -0.05) is 6.07 Å². The van der Waals surface area contributed by atoms with E-state index in [0.717, 1.165) is 18.8 Å². The van der Waals surface area contributed by atoms with Gasteiger partial charge in [-0.2, -0.15) is 5.26 Å². The lowest BCUT2D eigenvalue weighted by molar-refractivity contribution is 0.284. The number of nitrogens with zero attached hydrogens (tertiary/aromatic N) is 2. The maximum Gasteiger partial charge on any atom is 0.101 e. The van der Waals surface area contributed by atoms with Crippen molar-refractivity contribution in [3.63, 3.8) is 0 Å². The third-order valence-corrected chi connectivity index (χ3v) is 2.89. The van der Waals surface area contributed by atoms with Crippen molar-refractivity contribution in [1.82, 2.24) is 4.90 Å². The molecule has 0 aliphatic carbocycles. The maximum absolute atomic E-state index is 8.86. The van der Waals surface area contributed by atoms with Gasteiger partial charge in [0.15, 0.2) is 0 Å². The van der Waals surface area contributed by atoms with E-state index < -0.39 is 0 Å². The van der Waals surface area contributed by atoms with Crippen LogP contribution in [0.5, 0.6) is 0 Å². The Morgan fingerprint density at radius 1 is 1.47 bits per heavy atom. The molecule has 0 amide bonds. The minimum Gasteiger partial charge on any atom is -0.396 e. The number of likely N-dealkylation sites (N-methyl/N-ethyl adjacent to an activating group) is 1. The van der Waals surface area contributed by atoms with Crippen LogP contribution in [0.1, 0.15) is 19.4 Å². The predicted molar refractivity (Wildman–Crippen MR) is 71.8 cm³/mol. The SMILES string of the molecule is CC(C)N(C)CCNc1cccc(C#N)c1N. The summed E-state index contributed by atoms with van der Waals surface area (Å²) in [5.74, 6) is 0. The molecule has 1 rings (SSSR count). The molecule has 0 heterocycles. The van der Waals surface area contributed by atoms with Crippen molar-refractivity contribution < 1.29 is 0 Å². The zero-order valence-corrected chi connectivity index (χ0v) is 10.7. The van der Waals surface area contributed by atoms with Crippen LogP contribution in [0.15, 0.2) is 18.2 Å². The lowest BCUT2D eigenvalue weighted by Gasteiger charge is -2.21. The molecule has 0 saturated carbocycles. The van der Waals surface area contributed by atoms with Gasteiger partial charge in [-0.3, -0.25) is 0 Å². The summed E-state index contributed by atoms with van der Waals surface area (Å²) in [7, 11) is 2.08. The number of rotatable bonds is 5. The van der Waals surface area contributed by atoms with Gasteiger partial charge in [0.1, 0.15) is 6.07 Å². The van der Waals surface area contributed by atoms with Gasteiger partial charge in [-0.05, 0) is 33.0 Å². The standard InChI is InChI=1S/C13H20N4/c1-10(2)17(3)8-7-16-12-6-4-5-11(9-14)13(12)15/h4-6,10,16H,7-8,15H2,1-3H3. The van der Waals surface area contributed by atoms with Crippen LogP contribution in [0.2, 0.25) is 0 Å². The molecule has 0 atom stereocenters. The van der Waals surface area contributed by atoms with Gasteiger partial charge in [-0.25, -0.2) is 0 Å². The molecule has 0 aliphatic rings. The summed E-state index contributed by atoms with van der Waals surface area (Å²) in [4.78, 5) is 2.25. The Balaban J connectivity index is 2.56. The van der Waals surface area contributed by atoms with E-state index in [4.69, 9.17) is 11.0 Å². The number of nitrogens with two attached hydrogens (primary N) is 1. The highest BCUT2D eigenvalue weighted by Crippen LogP contribution is 2.21. The molecule has 17 heavy (non-hydrogen) atoms. The van der Waals surface area contributed by atoms with Crippen molar-refractivity contribution in [2.75, 3.05) is 31.2 Å². The molecule has 0 spiro atoms. The first-order chi connectivity index (χ1) is 8.06. The molecule has 0 radical (unpaired) electrons. The molecule has 0 fully saturated rings. The van der Waals surface area contributed by atoms with Gasteiger partial charge in [0.25, 0.3) is 0 Å². The van der Waals surface area contributed by atoms with Crippen LogP contribution in [0, 0.1) is 11.3 Å². The molecule has 92 valence electrons. The van der Waals surface area contributed by atoms with Crippen molar-refractivity contribution in [1.29, 1.82) is 5.26 Å². The topological polar surface area (TPSA) is 65.1 Å². The summed E-state index contributed by atoms with van der Waals surface area (Å²) in [6.45, 7) is 6.07. The minimum absolute atomic E-state index is 0.521. The van der Waals surface area contributed by atoms with Crippen LogP contribution in [-0.4, -0.2) is 31.1 Å². The zero-order valence-electron chi connectivity index (χ0n) is 10.7. The molecule has 0 aromatic heterocycles. The molecule has 1 aromatic rings. The molecule has 0 aliphatic heterocycles. The molecular formula is C13H20N4. The van der Waals surface area contributed by atoms with Crippen molar-refractivity contribution in [2.24, 2.45) is 0 Å². The smallest absolute Gasteiger partial charge is 0.101 e. The van der Waals surface area contributed by atoms with Gasteiger partial charge < -0.3 is 16.0 Å². The fraction of sp³-hybridized carbons (Fsp3) is 0.462. The number of hydrogen-bond donors (Lipinski definition) is 2. The van der Waals surface area contributed by atoms with Gasteiger partial charge in [0.2, 0.25) is 0 Å². The minimum atomic E-state index is 0.521. The molecule has 0 bridgehead atoms. The second-order valence-corrected chi connectivity index (χ2v) is 4.38. The highest BCUT2D eigenvalue weighted by molar-refractivity contribution is 5.72. The van der Waals surface area contributed by atoms with Crippen LogP contribution in [0.4, 0.5) is 11.4 Å². The number of hydrogen-bond acceptors (Lipinski definition) is 4. The Bertz CT molecular complexity index is 406. The summed E-state index contributed by atoms with van der Waals surface area (Å²) in [6.07, 6.45) is 0. The van der Waals surface area contributed by atoms with Gasteiger partial charge in [0, 0.05) is 19.1 Å². The van der Waals surface area contributed by atoms with Crippen LogP contribution in [-0.2, 0) is 0 Å². The second-order valence-electron chi connectivity index (χ2n) is 4.38. The maximum atomic E-state index is 8.86. The number of para-hydroxylation sites is 1. The summed E-state index contributed by atoms with van der Waals surface area (Å²) >= 11 is 0. The highest BCUT2D eigenvalue weighted by Gasteiger charge is 2.05. The zero-order chi connectivity index (χ0) is 12.8. The Hall–Kier alpha value is -1.73. The molecule has 3 N–H and O–H groups in total. The Morgan fingerprint density at radius 2 is 2.18 bits per heavy atom.